The number of rotatable bonds is 3. The molecule has 3 aromatic heterocycles. The summed E-state index contributed by atoms with van der Waals surface area (Å²) < 4.78 is 44.1. The second-order valence-corrected chi connectivity index (χ2v) is 7.84. The summed E-state index contributed by atoms with van der Waals surface area (Å²) in [5, 5.41) is 3.16. The molecule has 6 nitrogen and oxygen atoms in total. The van der Waals surface area contributed by atoms with Gasteiger partial charge >= 0.3 is 6.18 Å². The summed E-state index contributed by atoms with van der Waals surface area (Å²) in [6.07, 6.45) is -1.77. The van der Waals surface area contributed by atoms with Crippen molar-refractivity contribution in [2.24, 2.45) is 0 Å². The molecule has 1 N–H and O–H groups in total. The quantitative estimate of drug-likeness (QED) is 0.665. The van der Waals surface area contributed by atoms with Gasteiger partial charge in [-0.25, -0.2) is 4.98 Å². The second kappa shape index (κ2) is 5.44. The largest absolute Gasteiger partial charge is 0.433 e. The van der Waals surface area contributed by atoms with Crippen molar-refractivity contribution in [3.63, 3.8) is 0 Å². The molecule has 3 heterocycles. The molecule has 3 saturated carbocycles. The highest BCUT2D eigenvalue weighted by atomic mass is 35.5. The van der Waals surface area contributed by atoms with Crippen molar-refractivity contribution in [3.8, 4) is 0 Å². The number of pyridine rings is 2. The third kappa shape index (κ3) is 2.56. The fraction of sp³-hybridized carbons (Fsp3) is 0.333. The number of nitrogens with one attached hydrogen (secondary N) is 1. The summed E-state index contributed by atoms with van der Waals surface area (Å²) in [5.41, 5.74) is -0.894. The van der Waals surface area contributed by atoms with Crippen molar-refractivity contribution in [3.05, 3.63) is 52.8 Å². The van der Waals surface area contributed by atoms with E-state index in [2.05, 4.69) is 20.3 Å². The molecule has 3 aliphatic rings. The number of hydrogen-bond donors (Lipinski definition) is 1. The molecular weight excluding hydrogens is 397 g/mol. The molecule has 1 amide bonds. The number of nitrogens with zero attached hydrogens (tertiary/aromatic N) is 3. The Bertz CT molecular complexity index is 1110. The van der Waals surface area contributed by atoms with Gasteiger partial charge in [0, 0.05) is 17.3 Å². The molecule has 28 heavy (non-hydrogen) atoms. The van der Waals surface area contributed by atoms with Crippen LogP contribution < -0.4 is 5.32 Å². The van der Waals surface area contributed by atoms with Gasteiger partial charge < -0.3 is 9.73 Å². The highest BCUT2D eigenvalue weighted by Crippen LogP contribution is 2.67. The van der Waals surface area contributed by atoms with Crippen molar-refractivity contribution in [2.75, 3.05) is 0 Å². The molecule has 0 atom stereocenters. The highest BCUT2D eigenvalue weighted by Gasteiger charge is 2.71. The van der Waals surface area contributed by atoms with Crippen molar-refractivity contribution in [1.29, 1.82) is 0 Å². The predicted molar refractivity (Wildman–Crippen MR) is 91.8 cm³/mol. The molecule has 3 fully saturated rings. The van der Waals surface area contributed by atoms with Crippen LogP contribution in [0.25, 0.3) is 11.2 Å². The van der Waals surface area contributed by atoms with Crippen LogP contribution in [0.5, 0.6) is 0 Å². The molecule has 0 aromatic carbocycles. The maximum Gasteiger partial charge on any atom is 0.433 e. The minimum atomic E-state index is -4.60. The number of amides is 1. The van der Waals surface area contributed by atoms with E-state index in [1.165, 1.54) is 6.07 Å². The molecule has 0 saturated heterocycles. The van der Waals surface area contributed by atoms with Crippen molar-refractivity contribution < 1.29 is 22.4 Å². The first-order valence-electron chi connectivity index (χ1n) is 8.48. The van der Waals surface area contributed by atoms with E-state index in [9.17, 15) is 18.0 Å². The van der Waals surface area contributed by atoms with Crippen molar-refractivity contribution in [1.82, 2.24) is 20.3 Å². The summed E-state index contributed by atoms with van der Waals surface area (Å²) in [4.78, 5) is 24.2. The van der Waals surface area contributed by atoms with Crippen LogP contribution in [-0.2, 0) is 11.6 Å². The molecular formula is C18H12ClF3N4O2. The molecule has 2 bridgehead atoms. The van der Waals surface area contributed by atoms with E-state index >= 15 is 0 Å². The Morgan fingerprint density at radius 2 is 1.93 bits per heavy atom. The van der Waals surface area contributed by atoms with Crippen molar-refractivity contribution >= 4 is 28.7 Å². The van der Waals surface area contributed by atoms with Gasteiger partial charge in [0.1, 0.15) is 16.4 Å². The summed E-state index contributed by atoms with van der Waals surface area (Å²) >= 11 is 5.86. The highest BCUT2D eigenvalue weighted by molar-refractivity contribution is 6.29. The van der Waals surface area contributed by atoms with Gasteiger partial charge in [0.25, 0.3) is 5.91 Å². The van der Waals surface area contributed by atoms with E-state index < -0.39 is 23.3 Å². The Hall–Kier alpha value is -2.68. The Morgan fingerprint density at radius 3 is 2.64 bits per heavy atom. The summed E-state index contributed by atoms with van der Waals surface area (Å²) in [6.45, 7) is 0. The minimum Gasteiger partial charge on any atom is -0.422 e. The molecule has 0 radical (unpaired) electrons. The van der Waals surface area contributed by atoms with Crippen LogP contribution in [0.4, 0.5) is 13.2 Å². The number of carbonyl (C=O) groups excluding carboxylic acids is 1. The van der Waals surface area contributed by atoms with Crippen LogP contribution in [0.1, 0.15) is 41.2 Å². The standard InChI is InChI=1S/C18H12ClF3N4O2/c19-12-2-1-10-14(25-12)28-15(24-10)16-6-17(7-16,8-16)26-13(27)9-3-4-23-11(5-9)18(20,21)22/h1-5H,6-8H2,(H,26,27). The Labute approximate surface area is 161 Å². The van der Waals surface area contributed by atoms with Gasteiger partial charge in [-0.3, -0.25) is 9.78 Å². The molecule has 144 valence electrons. The lowest BCUT2D eigenvalue weighted by Gasteiger charge is -2.68. The second-order valence-electron chi connectivity index (χ2n) is 7.45. The Kier molecular flexibility index (Phi) is 3.38. The molecule has 10 heteroatoms. The molecule has 0 spiro atoms. The maximum absolute atomic E-state index is 12.8. The molecule has 3 aliphatic carbocycles. The third-order valence-electron chi connectivity index (χ3n) is 5.40. The molecule has 6 rings (SSSR count). The Balaban J connectivity index is 1.30. The van der Waals surface area contributed by atoms with Crippen LogP contribution in [0.3, 0.4) is 0 Å². The molecule has 3 aromatic rings. The SMILES string of the molecule is O=C(NC12CC(c3nc4ccc(Cl)nc4o3)(C1)C2)c1ccnc(C(F)(F)F)c1. The predicted octanol–water partition coefficient (Wildman–Crippen LogP) is 3.89. The van der Waals surface area contributed by atoms with Gasteiger partial charge in [0.15, 0.2) is 0 Å². The van der Waals surface area contributed by atoms with Gasteiger partial charge in [-0.05, 0) is 43.5 Å². The lowest BCUT2D eigenvalue weighted by atomic mass is 9.39. The zero-order chi connectivity index (χ0) is 19.7. The monoisotopic (exact) mass is 408 g/mol. The third-order valence-corrected chi connectivity index (χ3v) is 5.61. The minimum absolute atomic E-state index is 0.0678. The number of alkyl halides is 3. The first-order chi connectivity index (χ1) is 13.2. The van der Waals surface area contributed by atoms with Crippen LogP contribution in [-0.4, -0.2) is 26.4 Å². The van der Waals surface area contributed by atoms with Gasteiger partial charge in [0.2, 0.25) is 11.6 Å². The number of oxazole rings is 1. The number of hydrogen-bond acceptors (Lipinski definition) is 5. The van der Waals surface area contributed by atoms with Gasteiger partial charge in [0.05, 0.1) is 5.41 Å². The fourth-order valence-corrected chi connectivity index (χ4v) is 4.35. The zero-order valence-corrected chi connectivity index (χ0v) is 14.9. The normalized spacial score (nSPS) is 25.9. The lowest BCUT2D eigenvalue weighted by molar-refractivity contribution is -0.141. The van der Waals surface area contributed by atoms with E-state index in [1.54, 1.807) is 12.1 Å². The lowest BCUT2D eigenvalue weighted by Crippen LogP contribution is -2.76. The zero-order valence-electron chi connectivity index (χ0n) is 14.2. The van der Waals surface area contributed by atoms with Gasteiger partial charge in [-0.15, -0.1) is 0 Å². The van der Waals surface area contributed by atoms with Crippen LogP contribution >= 0.6 is 11.6 Å². The van der Waals surface area contributed by atoms with E-state index in [1.807, 2.05) is 0 Å². The van der Waals surface area contributed by atoms with E-state index in [4.69, 9.17) is 16.0 Å². The van der Waals surface area contributed by atoms with E-state index in [0.717, 1.165) is 12.3 Å². The number of aromatic nitrogens is 3. The summed E-state index contributed by atoms with van der Waals surface area (Å²) in [5.74, 6) is 0.00359. The first-order valence-corrected chi connectivity index (χ1v) is 8.85. The average molecular weight is 409 g/mol. The fourth-order valence-electron chi connectivity index (χ4n) is 4.21. The summed E-state index contributed by atoms with van der Waals surface area (Å²) in [7, 11) is 0. The maximum atomic E-state index is 12.8. The number of fused-ring (bicyclic) bond motifs is 1. The topological polar surface area (TPSA) is 80.9 Å². The van der Waals surface area contributed by atoms with Crippen LogP contribution in [0.15, 0.2) is 34.9 Å². The smallest absolute Gasteiger partial charge is 0.422 e. The van der Waals surface area contributed by atoms with Crippen LogP contribution in [0.2, 0.25) is 5.15 Å². The molecule has 0 aliphatic heterocycles. The summed E-state index contributed by atoms with van der Waals surface area (Å²) in [6, 6.07) is 5.38. The first kappa shape index (κ1) is 17.4. The number of carbonyl (C=O) groups is 1. The Morgan fingerprint density at radius 1 is 1.18 bits per heavy atom. The van der Waals surface area contributed by atoms with Gasteiger partial charge in [-0.1, -0.05) is 11.6 Å². The number of halogens is 4. The van der Waals surface area contributed by atoms with Crippen molar-refractivity contribution in [2.45, 2.75) is 36.4 Å². The van der Waals surface area contributed by atoms with E-state index in [-0.39, 0.29) is 11.0 Å². The molecule has 0 unspecified atom stereocenters. The van der Waals surface area contributed by atoms with Crippen LogP contribution in [0, 0.1) is 0 Å². The van der Waals surface area contributed by atoms with Gasteiger partial charge in [-0.2, -0.15) is 18.2 Å². The van der Waals surface area contributed by atoms with E-state index in [0.29, 0.717) is 41.5 Å². The average Bonchev–Trinajstić information content (AvgIpc) is 2.98.